The van der Waals surface area contributed by atoms with E-state index in [4.69, 9.17) is 5.73 Å². The average molecular weight is 340 g/mol. The fourth-order valence-electron chi connectivity index (χ4n) is 3.19. The molecule has 3 nitrogen and oxygen atoms in total. The number of hydrogen-bond acceptors (Lipinski definition) is 3. The van der Waals surface area contributed by atoms with E-state index in [1.807, 2.05) is 0 Å². The minimum Gasteiger partial charge on any atom is -0.373 e. The van der Waals surface area contributed by atoms with Crippen LogP contribution in [-0.4, -0.2) is 44.2 Å². The van der Waals surface area contributed by atoms with Crippen LogP contribution in [0.5, 0.6) is 0 Å². The Morgan fingerprint density at radius 2 is 2.25 bits per heavy atom. The number of rotatable bonds is 6. The van der Waals surface area contributed by atoms with Crippen LogP contribution >= 0.6 is 15.9 Å². The number of nitrogens with two attached hydrogens (primary N) is 1. The molecule has 1 aliphatic heterocycles. The van der Waals surface area contributed by atoms with E-state index in [0.29, 0.717) is 12.6 Å². The highest BCUT2D eigenvalue weighted by Crippen LogP contribution is 2.27. The second-order valence-corrected chi connectivity index (χ2v) is 6.53. The molecule has 2 rings (SSSR count). The van der Waals surface area contributed by atoms with Crippen molar-refractivity contribution in [3.63, 3.8) is 0 Å². The first-order chi connectivity index (χ1) is 9.65. The highest BCUT2D eigenvalue weighted by atomic mass is 79.9. The fourth-order valence-corrected chi connectivity index (χ4v) is 3.54. The van der Waals surface area contributed by atoms with Gasteiger partial charge in [0, 0.05) is 29.8 Å². The summed E-state index contributed by atoms with van der Waals surface area (Å²) in [4.78, 5) is 4.99. The monoisotopic (exact) mass is 339 g/mol. The Morgan fingerprint density at radius 3 is 2.95 bits per heavy atom. The Kier molecular flexibility index (Phi) is 5.87. The summed E-state index contributed by atoms with van der Waals surface area (Å²) in [5, 5.41) is 0. The van der Waals surface area contributed by atoms with Gasteiger partial charge in [0.25, 0.3) is 0 Å². The second-order valence-electron chi connectivity index (χ2n) is 5.62. The summed E-state index contributed by atoms with van der Waals surface area (Å²) >= 11 is 3.59. The molecule has 20 heavy (non-hydrogen) atoms. The Bertz CT molecular complexity index is 436. The fraction of sp³-hybridized carbons (Fsp3) is 0.625. The smallest absolute Gasteiger partial charge is 0.0408 e. The lowest BCUT2D eigenvalue weighted by Crippen LogP contribution is -2.39. The quantitative estimate of drug-likeness (QED) is 0.864. The molecule has 0 aromatic heterocycles. The van der Waals surface area contributed by atoms with E-state index in [2.05, 4.69) is 57.9 Å². The van der Waals surface area contributed by atoms with Gasteiger partial charge in [0.15, 0.2) is 0 Å². The molecule has 4 heteroatoms. The van der Waals surface area contributed by atoms with Gasteiger partial charge in [0.05, 0.1) is 0 Å². The molecule has 0 spiro atoms. The van der Waals surface area contributed by atoms with Crippen molar-refractivity contribution in [3.8, 4) is 0 Å². The molecule has 112 valence electrons. The number of benzene rings is 1. The first-order valence-electron chi connectivity index (χ1n) is 7.59. The summed E-state index contributed by atoms with van der Waals surface area (Å²) in [6.07, 6.45) is 3.59. The van der Waals surface area contributed by atoms with E-state index >= 15 is 0 Å². The molecule has 1 heterocycles. The molecule has 1 saturated heterocycles. The van der Waals surface area contributed by atoms with Crippen molar-refractivity contribution in [2.45, 2.75) is 32.2 Å². The van der Waals surface area contributed by atoms with E-state index in [1.54, 1.807) is 0 Å². The lowest BCUT2D eigenvalue weighted by Gasteiger charge is -2.30. The molecule has 1 aliphatic rings. The zero-order valence-electron chi connectivity index (χ0n) is 12.6. The van der Waals surface area contributed by atoms with Crippen molar-refractivity contribution in [1.29, 1.82) is 0 Å². The summed E-state index contributed by atoms with van der Waals surface area (Å²) in [6.45, 7) is 6.47. The Balaban J connectivity index is 2.11. The Labute approximate surface area is 131 Å². The number of likely N-dealkylation sites (tertiary alicyclic amines) is 1. The van der Waals surface area contributed by atoms with Crippen LogP contribution in [0.25, 0.3) is 0 Å². The van der Waals surface area contributed by atoms with Crippen LogP contribution in [0, 0.1) is 0 Å². The van der Waals surface area contributed by atoms with Crippen LogP contribution in [0.4, 0.5) is 5.69 Å². The second kappa shape index (κ2) is 7.43. The van der Waals surface area contributed by atoms with Crippen LogP contribution in [0.15, 0.2) is 22.7 Å². The summed E-state index contributed by atoms with van der Waals surface area (Å²) in [5.74, 6) is 0. The van der Waals surface area contributed by atoms with Crippen molar-refractivity contribution in [2.75, 3.05) is 38.1 Å². The molecular weight excluding hydrogens is 314 g/mol. The molecular formula is C16H26BrN3. The normalized spacial score (nSPS) is 19.5. The summed E-state index contributed by atoms with van der Waals surface area (Å²) in [5.41, 5.74) is 8.40. The standard InChI is InChI=1S/C16H26BrN3/c1-3-20-10-4-5-15(20)12-19(2)16-11-14(17)7-6-13(16)8-9-18/h6-7,11,15H,3-5,8-10,12,18H2,1-2H3. The number of halogens is 1. The number of likely N-dealkylation sites (N-methyl/N-ethyl adjacent to an activating group) is 2. The van der Waals surface area contributed by atoms with Gasteiger partial charge in [0.2, 0.25) is 0 Å². The maximum absolute atomic E-state index is 5.74. The molecule has 1 aromatic carbocycles. The SMILES string of the molecule is CCN1CCCC1CN(C)c1cc(Br)ccc1CCN. The number of anilines is 1. The predicted octanol–water partition coefficient (Wildman–Crippen LogP) is 2.87. The Hall–Kier alpha value is -0.580. The van der Waals surface area contributed by atoms with Crippen LogP contribution < -0.4 is 10.6 Å². The topological polar surface area (TPSA) is 32.5 Å². The molecule has 2 N–H and O–H groups in total. The molecule has 1 fully saturated rings. The minimum atomic E-state index is 0.690. The molecule has 1 unspecified atom stereocenters. The molecule has 0 radical (unpaired) electrons. The van der Waals surface area contributed by atoms with Gasteiger partial charge in [-0.3, -0.25) is 4.90 Å². The third-order valence-corrected chi connectivity index (χ3v) is 4.76. The highest BCUT2D eigenvalue weighted by molar-refractivity contribution is 9.10. The van der Waals surface area contributed by atoms with Gasteiger partial charge < -0.3 is 10.6 Å². The van der Waals surface area contributed by atoms with Gasteiger partial charge in [0.1, 0.15) is 0 Å². The third-order valence-electron chi connectivity index (χ3n) is 4.26. The molecule has 0 bridgehead atoms. The number of nitrogens with zero attached hydrogens (tertiary/aromatic N) is 2. The molecule has 0 aliphatic carbocycles. The van der Waals surface area contributed by atoms with E-state index in [9.17, 15) is 0 Å². The van der Waals surface area contributed by atoms with Crippen molar-refractivity contribution in [1.82, 2.24) is 4.90 Å². The maximum Gasteiger partial charge on any atom is 0.0408 e. The van der Waals surface area contributed by atoms with Crippen molar-refractivity contribution < 1.29 is 0 Å². The molecule has 1 aromatic rings. The summed E-state index contributed by atoms with van der Waals surface area (Å²) in [7, 11) is 2.20. The largest absolute Gasteiger partial charge is 0.373 e. The zero-order valence-corrected chi connectivity index (χ0v) is 14.2. The number of hydrogen-bond donors (Lipinski definition) is 1. The predicted molar refractivity (Wildman–Crippen MR) is 90.4 cm³/mol. The van der Waals surface area contributed by atoms with Gasteiger partial charge in [-0.05, 0) is 56.6 Å². The van der Waals surface area contributed by atoms with Gasteiger partial charge in [-0.1, -0.05) is 28.9 Å². The lowest BCUT2D eigenvalue weighted by atomic mass is 10.1. The minimum absolute atomic E-state index is 0.690. The van der Waals surface area contributed by atoms with E-state index in [-0.39, 0.29) is 0 Å². The van der Waals surface area contributed by atoms with Crippen molar-refractivity contribution in [3.05, 3.63) is 28.2 Å². The van der Waals surface area contributed by atoms with Gasteiger partial charge in [-0.2, -0.15) is 0 Å². The third kappa shape index (κ3) is 3.74. The highest BCUT2D eigenvalue weighted by Gasteiger charge is 2.24. The van der Waals surface area contributed by atoms with E-state index in [1.165, 1.54) is 30.6 Å². The van der Waals surface area contributed by atoms with Crippen LogP contribution in [0.1, 0.15) is 25.3 Å². The average Bonchev–Trinajstić information content (AvgIpc) is 2.88. The molecule has 0 amide bonds. The summed E-state index contributed by atoms with van der Waals surface area (Å²) < 4.78 is 1.14. The van der Waals surface area contributed by atoms with Gasteiger partial charge in [-0.15, -0.1) is 0 Å². The van der Waals surface area contributed by atoms with Crippen molar-refractivity contribution >= 4 is 21.6 Å². The lowest BCUT2D eigenvalue weighted by molar-refractivity contribution is 0.270. The van der Waals surface area contributed by atoms with Gasteiger partial charge >= 0.3 is 0 Å². The van der Waals surface area contributed by atoms with Crippen LogP contribution in [-0.2, 0) is 6.42 Å². The maximum atomic E-state index is 5.74. The Morgan fingerprint density at radius 1 is 1.45 bits per heavy atom. The van der Waals surface area contributed by atoms with E-state index < -0.39 is 0 Å². The molecule has 0 saturated carbocycles. The van der Waals surface area contributed by atoms with Crippen LogP contribution in [0.2, 0.25) is 0 Å². The zero-order chi connectivity index (χ0) is 14.5. The van der Waals surface area contributed by atoms with E-state index in [0.717, 1.165) is 24.0 Å². The summed E-state index contributed by atoms with van der Waals surface area (Å²) in [6, 6.07) is 7.20. The van der Waals surface area contributed by atoms with Crippen LogP contribution in [0.3, 0.4) is 0 Å². The molecule has 1 atom stereocenters. The first kappa shape index (κ1) is 15.8. The van der Waals surface area contributed by atoms with Gasteiger partial charge in [-0.25, -0.2) is 0 Å². The first-order valence-corrected chi connectivity index (χ1v) is 8.38. The van der Waals surface area contributed by atoms with Crippen molar-refractivity contribution in [2.24, 2.45) is 5.73 Å².